The Hall–Kier alpha value is -2.93. The van der Waals surface area contributed by atoms with E-state index in [1.807, 2.05) is 41.8 Å². The van der Waals surface area contributed by atoms with E-state index in [4.69, 9.17) is 4.42 Å². The summed E-state index contributed by atoms with van der Waals surface area (Å²) in [4.78, 5) is 28.6. The number of carbonyl (C=O) groups excluding carboxylic acids is 1. The van der Waals surface area contributed by atoms with Gasteiger partial charge in [0.25, 0.3) is 5.91 Å². The number of aliphatic carboxylic acids is 1. The lowest BCUT2D eigenvalue weighted by Crippen LogP contribution is -2.42. The summed E-state index contributed by atoms with van der Waals surface area (Å²) in [6.45, 7) is 0. The minimum atomic E-state index is -1.10. The smallest absolute Gasteiger partial charge is 0.326 e. The van der Waals surface area contributed by atoms with Crippen molar-refractivity contribution in [2.45, 2.75) is 12.5 Å². The van der Waals surface area contributed by atoms with E-state index in [2.05, 4.69) is 10.3 Å². The molecular formula is C17H14N2O4S. The number of carboxylic acid groups (broad SMARTS) is 1. The molecule has 0 saturated carbocycles. The Labute approximate surface area is 141 Å². The molecule has 0 bridgehead atoms. The zero-order valence-electron chi connectivity index (χ0n) is 12.5. The van der Waals surface area contributed by atoms with Crippen molar-refractivity contribution < 1.29 is 19.1 Å². The van der Waals surface area contributed by atoms with E-state index in [9.17, 15) is 14.7 Å². The van der Waals surface area contributed by atoms with Gasteiger partial charge in [0.1, 0.15) is 6.04 Å². The molecule has 0 spiro atoms. The van der Waals surface area contributed by atoms with Crippen LogP contribution >= 0.6 is 11.3 Å². The second-order valence-electron chi connectivity index (χ2n) is 5.06. The van der Waals surface area contributed by atoms with Gasteiger partial charge in [0.15, 0.2) is 17.8 Å². The number of carbonyl (C=O) groups is 2. The van der Waals surface area contributed by atoms with Crippen molar-refractivity contribution in [1.82, 2.24) is 10.3 Å². The first-order valence-electron chi connectivity index (χ1n) is 7.20. The fourth-order valence-electron chi connectivity index (χ4n) is 2.27. The molecule has 2 aromatic heterocycles. The summed E-state index contributed by atoms with van der Waals surface area (Å²) in [6, 6.07) is 11.7. The lowest BCUT2D eigenvalue weighted by molar-refractivity contribution is -0.139. The van der Waals surface area contributed by atoms with Crippen molar-refractivity contribution in [2.75, 3.05) is 0 Å². The molecule has 24 heavy (non-hydrogen) atoms. The van der Waals surface area contributed by atoms with Crippen molar-refractivity contribution in [2.24, 2.45) is 0 Å². The van der Waals surface area contributed by atoms with Crippen molar-refractivity contribution in [3.05, 3.63) is 65.5 Å². The maximum atomic E-state index is 12.4. The minimum absolute atomic E-state index is 0.0803. The second-order valence-corrected chi connectivity index (χ2v) is 6.01. The third-order valence-corrected chi connectivity index (χ3v) is 4.28. The molecule has 6 nitrogen and oxygen atoms in total. The largest absolute Gasteiger partial charge is 0.480 e. The Morgan fingerprint density at radius 2 is 2.00 bits per heavy atom. The molecule has 0 fully saturated rings. The number of rotatable bonds is 6. The highest BCUT2D eigenvalue weighted by atomic mass is 32.1. The number of oxazole rings is 1. The quantitative estimate of drug-likeness (QED) is 0.718. The number of benzene rings is 1. The van der Waals surface area contributed by atoms with Crippen molar-refractivity contribution in [3.8, 4) is 10.6 Å². The highest BCUT2D eigenvalue weighted by molar-refractivity contribution is 7.13. The molecule has 3 rings (SSSR count). The zero-order valence-corrected chi connectivity index (χ0v) is 13.3. The first kappa shape index (κ1) is 15.9. The number of thiophene rings is 1. The van der Waals surface area contributed by atoms with E-state index in [1.54, 1.807) is 6.07 Å². The first-order chi connectivity index (χ1) is 11.6. The van der Waals surface area contributed by atoms with Crippen LogP contribution < -0.4 is 5.32 Å². The predicted octanol–water partition coefficient (Wildman–Crippen LogP) is 2.83. The summed E-state index contributed by atoms with van der Waals surface area (Å²) < 4.78 is 5.28. The Kier molecular flexibility index (Phi) is 4.72. The number of hydrogen-bond acceptors (Lipinski definition) is 5. The maximum Gasteiger partial charge on any atom is 0.326 e. The predicted molar refractivity (Wildman–Crippen MR) is 88.9 cm³/mol. The number of carboxylic acids is 1. The molecule has 1 atom stereocenters. The molecule has 1 amide bonds. The number of aromatic nitrogens is 1. The fourth-order valence-corrected chi connectivity index (χ4v) is 2.98. The summed E-state index contributed by atoms with van der Waals surface area (Å²) >= 11 is 1.41. The lowest BCUT2D eigenvalue weighted by atomic mass is 10.1. The molecule has 1 aromatic carbocycles. The van der Waals surface area contributed by atoms with Gasteiger partial charge < -0.3 is 14.8 Å². The molecule has 2 N–H and O–H groups in total. The molecular weight excluding hydrogens is 328 g/mol. The van der Waals surface area contributed by atoms with Gasteiger partial charge in [0.05, 0.1) is 4.88 Å². The van der Waals surface area contributed by atoms with E-state index in [1.165, 1.54) is 17.7 Å². The maximum absolute atomic E-state index is 12.4. The highest BCUT2D eigenvalue weighted by Crippen LogP contribution is 2.27. The molecule has 0 aliphatic carbocycles. The minimum Gasteiger partial charge on any atom is -0.480 e. The Bertz CT molecular complexity index is 827. The van der Waals surface area contributed by atoms with Crippen molar-refractivity contribution in [3.63, 3.8) is 0 Å². The highest BCUT2D eigenvalue weighted by Gasteiger charge is 2.25. The molecule has 7 heteroatoms. The van der Waals surface area contributed by atoms with Crippen molar-refractivity contribution >= 4 is 23.2 Å². The Balaban J connectivity index is 1.77. The van der Waals surface area contributed by atoms with E-state index in [0.717, 1.165) is 10.4 Å². The van der Waals surface area contributed by atoms with Crippen LogP contribution in [0.1, 0.15) is 16.1 Å². The van der Waals surface area contributed by atoms with Gasteiger partial charge in [-0.05, 0) is 17.0 Å². The van der Waals surface area contributed by atoms with Crippen LogP contribution in [0, 0.1) is 0 Å². The topological polar surface area (TPSA) is 92.4 Å². The molecule has 2 heterocycles. The average Bonchev–Trinajstić information content (AvgIpc) is 3.26. The van der Waals surface area contributed by atoms with E-state index < -0.39 is 17.9 Å². The average molecular weight is 342 g/mol. The van der Waals surface area contributed by atoms with Gasteiger partial charge in [-0.1, -0.05) is 36.4 Å². The summed E-state index contributed by atoms with van der Waals surface area (Å²) in [5, 5.41) is 13.7. The molecule has 0 radical (unpaired) electrons. The Morgan fingerprint density at radius 1 is 1.21 bits per heavy atom. The Morgan fingerprint density at radius 3 is 2.67 bits per heavy atom. The zero-order chi connectivity index (χ0) is 16.9. The van der Waals surface area contributed by atoms with Crippen LogP contribution in [0.2, 0.25) is 0 Å². The van der Waals surface area contributed by atoms with Crippen LogP contribution in [-0.4, -0.2) is 28.0 Å². The standard InChI is InChI=1S/C17H14N2O4S/c20-16(14-15(23-10-18-14)13-7-4-8-24-13)19-12(17(21)22)9-11-5-2-1-3-6-11/h1-8,10,12H,9H2,(H,19,20)(H,21,22)/t12-/m0/s1. The molecule has 0 aliphatic rings. The summed E-state index contributed by atoms with van der Waals surface area (Å²) in [7, 11) is 0. The van der Waals surface area contributed by atoms with Crippen LogP contribution in [0.5, 0.6) is 0 Å². The van der Waals surface area contributed by atoms with Gasteiger partial charge in [-0.2, -0.15) is 0 Å². The van der Waals surface area contributed by atoms with Gasteiger partial charge in [-0.3, -0.25) is 4.79 Å². The third-order valence-electron chi connectivity index (χ3n) is 3.41. The van der Waals surface area contributed by atoms with Crippen LogP contribution in [0.25, 0.3) is 10.6 Å². The lowest BCUT2D eigenvalue weighted by Gasteiger charge is -2.14. The SMILES string of the molecule is O=C(N[C@@H](Cc1ccccc1)C(=O)O)c1ncoc1-c1cccs1. The van der Waals surface area contributed by atoms with Crippen molar-refractivity contribution in [1.29, 1.82) is 0 Å². The number of hydrogen-bond donors (Lipinski definition) is 2. The molecule has 0 unspecified atom stereocenters. The summed E-state index contributed by atoms with van der Waals surface area (Å²) in [5.41, 5.74) is 0.903. The monoisotopic (exact) mass is 342 g/mol. The number of nitrogens with one attached hydrogen (secondary N) is 1. The summed E-state index contributed by atoms with van der Waals surface area (Å²) in [5.74, 6) is -1.34. The van der Waals surface area contributed by atoms with Crippen LogP contribution in [-0.2, 0) is 11.2 Å². The van der Waals surface area contributed by atoms with Gasteiger partial charge in [0.2, 0.25) is 0 Å². The fraction of sp³-hybridized carbons (Fsp3) is 0.118. The first-order valence-corrected chi connectivity index (χ1v) is 8.08. The van der Waals surface area contributed by atoms with E-state index in [-0.39, 0.29) is 12.1 Å². The van der Waals surface area contributed by atoms with Gasteiger partial charge in [0, 0.05) is 6.42 Å². The number of nitrogens with zero attached hydrogens (tertiary/aromatic N) is 1. The summed E-state index contributed by atoms with van der Waals surface area (Å²) in [6.07, 6.45) is 1.37. The molecule has 0 saturated heterocycles. The molecule has 0 aliphatic heterocycles. The van der Waals surface area contributed by atoms with E-state index >= 15 is 0 Å². The molecule has 122 valence electrons. The molecule has 3 aromatic rings. The van der Waals surface area contributed by atoms with Crippen LogP contribution in [0.4, 0.5) is 0 Å². The number of amides is 1. The normalized spacial score (nSPS) is 11.8. The van der Waals surface area contributed by atoms with Gasteiger partial charge >= 0.3 is 5.97 Å². The second kappa shape index (κ2) is 7.10. The van der Waals surface area contributed by atoms with Crippen LogP contribution in [0.15, 0.2) is 58.7 Å². The third kappa shape index (κ3) is 3.52. The van der Waals surface area contributed by atoms with E-state index in [0.29, 0.717) is 5.76 Å². The van der Waals surface area contributed by atoms with Gasteiger partial charge in [-0.25, -0.2) is 9.78 Å². The van der Waals surface area contributed by atoms with Gasteiger partial charge in [-0.15, -0.1) is 11.3 Å². The van der Waals surface area contributed by atoms with Crippen LogP contribution in [0.3, 0.4) is 0 Å².